The minimum atomic E-state index is -4.05. The number of sulfonamides is 1. The number of hydrogen-bond donors (Lipinski definition) is 1. The molecule has 1 amide bonds. The molecule has 0 unspecified atom stereocenters. The van der Waals surface area contributed by atoms with Crippen LogP contribution in [0.4, 0.5) is 5.82 Å². The molecule has 0 radical (unpaired) electrons. The molecule has 194 valence electrons. The van der Waals surface area contributed by atoms with Gasteiger partial charge < -0.3 is 9.15 Å². The van der Waals surface area contributed by atoms with Crippen molar-refractivity contribution in [3.05, 3.63) is 102 Å². The normalized spacial score (nSPS) is 11.3. The standard InChI is InChI=1S/C27H24N4O6S/c1-2-36-27(33)21-13-11-20(12-14-21)24-16-15-22(37-24)18-29-30-26(32)19-31(25-10-6-7-17-28-25)38(34,35)23-8-4-3-5-9-23/h3-18H,2,19H2,1H3,(H,30,32)/b29-18+. The summed E-state index contributed by atoms with van der Waals surface area (Å²) in [5.74, 6) is -0.0927. The molecule has 0 aliphatic heterocycles. The van der Waals surface area contributed by atoms with Crippen molar-refractivity contribution in [2.24, 2.45) is 5.10 Å². The highest BCUT2D eigenvalue weighted by molar-refractivity contribution is 7.92. The smallest absolute Gasteiger partial charge is 0.338 e. The number of carbonyl (C=O) groups is 2. The fourth-order valence-corrected chi connectivity index (χ4v) is 4.80. The van der Waals surface area contributed by atoms with Crippen molar-refractivity contribution in [3.8, 4) is 11.3 Å². The summed E-state index contributed by atoms with van der Waals surface area (Å²) in [5, 5.41) is 3.89. The number of esters is 1. The summed E-state index contributed by atoms with van der Waals surface area (Å²) in [6.45, 7) is 1.49. The third-order valence-corrected chi connectivity index (χ3v) is 6.98. The zero-order chi connectivity index (χ0) is 27.0. The van der Waals surface area contributed by atoms with E-state index in [0.29, 0.717) is 23.7 Å². The van der Waals surface area contributed by atoms with Gasteiger partial charge in [-0.15, -0.1) is 0 Å². The summed E-state index contributed by atoms with van der Waals surface area (Å²) >= 11 is 0. The number of pyridine rings is 1. The fourth-order valence-electron chi connectivity index (χ4n) is 3.41. The largest absolute Gasteiger partial charge is 0.462 e. The Labute approximate surface area is 219 Å². The first kappa shape index (κ1) is 26.3. The lowest BCUT2D eigenvalue weighted by Crippen LogP contribution is -2.40. The van der Waals surface area contributed by atoms with E-state index in [1.807, 2.05) is 0 Å². The van der Waals surface area contributed by atoms with Crippen LogP contribution < -0.4 is 9.73 Å². The van der Waals surface area contributed by atoms with Crippen LogP contribution in [0.1, 0.15) is 23.0 Å². The van der Waals surface area contributed by atoms with Crippen molar-refractivity contribution in [1.29, 1.82) is 0 Å². The first-order valence-corrected chi connectivity index (χ1v) is 13.0. The quantitative estimate of drug-likeness (QED) is 0.186. The minimum absolute atomic E-state index is 0.0281. The van der Waals surface area contributed by atoms with Gasteiger partial charge in [-0.2, -0.15) is 5.10 Å². The number of benzene rings is 2. The molecule has 10 nitrogen and oxygen atoms in total. The van der Waals surface area contributed by atoms with Crippen LogP contribution in [0.5, 0.6) is 0 Å². The van der Waals surface area contributed by atoms with E-state index >= 15 is 0 Å². The zero-order valence-corrected chi connectivity index (χ0v) is 21.2. The Morgan fingerprint density at radius 3 is 2.42 bits per heavy atom. The van der Waals surface area contributed by atoms with Crippen LogP contribution in [0, 0.1) is 0 Å². The van der Waals surface area contributed by atoms with Gasteiger partial charge in [0.2, 0.25) is 0 Å². The predicted molar refractivity (Wildman–Crippen MR) is 141 cm³/mol. The van der Waals surface area contributed by atoms with E-state index < -0.39 is 28.4 Å². The molecule has 0 saturated carbocycles. The van der Waals surface area contributed by atoms with Crippen molar-refractivity contribution < 1.29 is 27.2 Å². The number of carbonyl (C=O) groups excluding carboxylic acids is 2. The van der Waals surface area contributed by atoms with E-state index in [2.05, 4.69) is 15.5 Å². The molecule has 0 spiro atoms. The predicted octanol–water partition coefficient (Wildman–Crippen LogP) is 3.86. The van der Waals surface area contributed by atoms with Crippen molar-refractivity contribution in [2.45, 2.75) is 11.8 Å². The molecular formula is C27H24N4O6S. The Bertz CT molecular complexity index is 1520. The molecule has 2 heterocycles. The molecule has 0 atom stereocenters. The summed E-state index contributed by atoms with van der Waals surface area (Å²) in [4.78, 5) is 28.6. The minimum Gasteiger partial charge on any atom is -0.462 e. The second-order valence-corrected chi connectivity index (χ2v) is 9.67. The Morgan fingerprint density at radius 1 is 1.00 bits per heavy atom. The molecule has 38 heavy (non-hydrogen) atoms. The van der Waals surface area contributed by atoms with E-state index in [9.17, 15) is 18.0 Å². The van der Waals surface area contributed by atoms with Crippen LogP contribution in [-0.4, -0.2) is 44.6 Å². The van der Waals surface area contributed by atoms with Gasteiger partial charge in [0, 0.05) is 11.8 Å². The molecule has 1 N–H and O–H groups in total. The first-order valence-electron chi connectivity index (χ1n) is 11.6. The SMILES string of the molecule is CCOC(=O)c1ccc(-c2ccc(/C=N/NC(=O)CN(c3ccccn3)S(=O)(=O)c3ccccc3)o2)cc1. The number of rotatable bonds is 10. The number of aromatic nitrogens is 1. The molecule has 0 saturated heterocycles. The number of hydrogen-bond acceptors (Lipinski definition) is 8. The second-order valence-electron chi connectivity index (χ2n) is 7.81. The van der Waals surface area contributed by atoms with E-state index in [-0.39, 0.29) is 10.7 Å². The number of nitrogens with one attached hydrogen (secondary N) is 1. The van der Waals surface area contributed by atoms with Crippen molar-refractivity contribution in [3.63, 3.8) is 0 Å². The Hall–Kier alpha value is -4.77. The highest BCUT2D eigenvalue weighted by Gasteiger charge is 2.27. The monoisotopic (exact) mass is 532 g/mol. The van der Waals surface area contributed by atoms with Crippen molar-refractivity contribution >= 4 is 33.9 Å². The Balaban J connectivity index is 1.42. The highest BCUT2D eigenvalue weighted by Crippen LogP contribution is 2.23. The number of nitrogens with zero attached hydrogens (tertiary/aromatic N) is 3. The summed E-state index contributed by atoms with van der Waals surface area (Å²) in [6, 6.07) is 22.7. The maximum absolute atomic E-state index is 13.2. The third-order valence-electron chi connectivity index (χ3n) is 5.21. The first-order chi connectivity index (χ1) is 18.4. The number of furan rings is 1. The maximum Gasteiger partial charge on any atom is 0.338 e. The van der Waals surface area contributed by atoms with Crippen molar-refractivity contribution in [2.75, 3.05) is 17.5 Å². The van der Waals surface area contributed by atoms with Crippen molar-refractivity contribution in [1.82, 2.24) is 10.4 Å². The van der Waals surface area contributed by atoms with Gasteiger partial charge in [0.25, 0.3) is 15.9 Å². The number of anilines is 1. The van der Waals surface area contributed by atoms with Gasteiger partial charge in [-0.1, -0.05) is 36.4 Å². The molecule has 4 rings (SSSR count). The van der Waals surface area contributed by atoms with Gasteiger partial charge in [-0.05, 0) is 55.5 Å². The number of ether oxygens (including phenoxy) is 1. The topological polar surface area (TPSA) is 131 Å². The molecule has 4 aromatic rings. The lowest BCUT2D eigenvalue weighted by Gasteiger charge is -2.22. The van der Waals surface area contributed by atoms with Crippen LogP contribution in [0.25, 0.3) is 11.3 Å². The van der Waals surface area contributed by atoms with E-state index in [4.69, 9.17) is 9.15 Å². The van der Waals surface area contributed by atoms with E-state index in [0.717, 1.165) is 9.87 Å². The number of amides is 1. The molecule has 0 bridgehead atoms. The van der Waals surface area contributed by atoms with Crippen LogP contribution in [-0.2, 0) is 19.6 Å². The van der Waals surface area contributed by atoms with Gasteiger partial charge in [-0.3, -0.25) is 4.79 Å². The second kappa shape index (κ2) is 12.0. The summed E-state index contributed by atoms with van der Waals surface area (Å²) in [5.41, 5.74) is 3.49. The van der Waals surface area contributed by atoms with Crippen LogP contribution in [0.2, 0.25) is 0 Å². The Morgan fingerprint density at radius 2 is 1.74 bits per heavy atom. The highest BCUT2D eigenvalue weighted by atomic mass is 32.2. The average molecular weight is 533 g/mol. The number of hydrazone groups is 1. The van der Waals surface area contributed by atoms with Crippen LogP contribution >= 0.6 is 0 Å². The fraction of sp³-hybridized carbons (Fsp3) is 0.111. The third kappa shape index (κ3) is 6.31. The zero-order valence-electron chi connectivity index (χ0n) is 20.4. The van der Waals surface area contributed by atoms with E-state index in [1.165, 1.54) is 30.6 Å². The van der Waals surface area contributed by atoms with Gasteiger partial charge in [0.15, 0.2) is 0 Å². The van der Waals surface area contributed by atoms with Gasteiger partial charge >= 0.3 is 5.97 Å². The summed E-state index contributed by atoms with van der Waals surface area (Å²) in [7, 11) is -4.05. The molecule has 2 aromatic carbocycles. The van der Waals surface area contributed by atoms with Gasteiger partial charge in [0.05, 0.1) is 23.3 Å². The van der Waals surface area contributed by atoms with Gasteiger partial charge in [0.1, 0.15) is 23.9 Å². The molecule has 0 aliphatic carbocycles. The molecular weight excluding hydrogens is 508 g/mol. The molecule has 0 fully saturated rings. The summed E-state index contributed by atoms with van der Waals surface area (Å²) in [6.07, 6.45) is 2.74. The summed E-state index contributed by atoms with van der Waals surface area (Å²) < 4.78 is 38.1. The lowest BCUT2D eigenvalue weighted by atomic mass is 10.1. The van der Waals surface area contributed by atoms with E-state index in [1.54, 1.807) is 73.7 Å². The van der Waals surface area contributed by atoms with Crippen LogP contribution in [0.15, 0.2) is 106 Å². The maximum atomic E-state index is 13.2. The molecule has 11 heteroatoms. The Kier molecular flexibility index (Phi) is 8.29. The molecule has 2 aromatic heterocycles. The molecule has 0 aliphatic rings. The van der Waals surface area contributed by atoms with Gasteiger partial charge in [-0.25, -0.2) is 27.9 Å². The van der Waals surface area contributed by atoms with Crippen LogP contribution in [0.3, 0.4) is 0 Å². The lowest BCUT2D eigenvalue weighted by molar-refractivity contribution is -0.119. The average Bonchev–Trinajstić information content (AvgIpc) is 3.42.